The Kier molecular flexibility index (Phi) is 28.7. The average Bonchev–Trinajstić information content (AvgIpc) is 3.12. The monoisotopic (exact) mass is 779 g/mol. The number of carbonyl (C=O) groups is 1. The minimum atomic E-state index is -5.11. The van der Waals surface area contributed by atoms with Gasteiger partial charge in [-0.05, 0) is 44.9 Å². The van der Waals surface area contributed by atoms with E-state index in [0.717, 1.165) is 38.5 Å². The number of allylic oxidation sites excluding steroid dienone is 3. The number of aliphatic hydroxyl groups excluding tert-OH is 5. The number of hydrogen-bond acceptors (Lipinski definition) is 11. The second kappa shape index (κ2) is 30.7. The fourth-order valence-corrected chi connectivity index (χ4v) is 6.79. The number of unbranched alkanes of at least 4 members (excludes halogenated alkanes) is 18. The van der Waals surface area contributed by atoms with Gasteiger partial charge in [-0.15, -0.1) is 0 Å². The lowest BCUT2D eigenvalue weighted by Gasteiger charge is -2.41. The van der Waals surface area contributed by atoms with Crippen molar-refractivity contribution in [2.24, 2.45) is 0 Å². The second-order valence-corrected chi connectivity index (χ2v) is 15.4. The van der Waals surface area contributed by atoms with Gasteiger partial charge in [0, 0.05) is 0 Å². The molecular formula is C39H73NO12S. The van der Waals surface area contributed by atoms with E-state index in [4.69, 9.17) is 14.0 Å². The standard InChI is InChI=1S/C39H73NO12S/c1-3-5-7-9-11-13-15-17-19-21-23-25-27-32(42)31(30-50-39-36(45)37(52-53(47,48)49)35(44)34(29-41)51-39)40-38(46)33(43)28-26-24-22-20-18-16-14-12-10-8-6-4-2/h18,20,25,27,31-37,39,41-45H,3-17,19,21-24,26,28-30H2,1-2H3,(H,40,46)(H,47,48,49)/b20-18-,27-25+. The summed E-state index contributed by atoms with van der Waals surface area (Å²) in [7, 11) is -5.11. The topological polar surface area (TPSA) is 212 Å². The molecule has 7 N–H and O–H groups in total. The van der Waals surface area contributed by atoms with Crippen LogP contribution in [-0.4, -0.2) is 107 Å². The lowest BCUT2D eigenvalue weighted by molar-refractivity contribution is -0.298. The highest BCUT2D eigenvalue weighted by molar-refractivity contribution is 7.80. The molecule has 1 fully saturated rings. The third-order valence-corrected chi connectivity index (χ3v) is 10.0. The lowest BCUT2D eigenvalue weighted by Crippen LogP contribution is -2.61. The summed E-state index contributed by atoms with van der Waals surface area (Å²) in [5.41, 5.74) is 0. The first-order valence-electron chi connectivity index (χ1n) is 20.3. The Morgan fingerprint density at radius 2 is 1.25 bits per heavy atom. The van der Waals surface area contributed by atoms with Crippen LogP contribution in [0.25, 0.3) is 0 Å². The van der Waals surface area contributed by atoms with Crippen LogP contribution in [0.2, 0.25) is 0 Å². The Balaban J connectivity index is 2.71. The van der Waals surface area contributed by atoms with Crippen LogP contribution in [0.5, 0.6) is 0 Å². The zero-order valence-corrected chi connectivity index (χ0v) is 33.3. The van der Waals surface area contributed by atoms with Gasteiger partial charge in [0.2, 0.25) is 5.91 Å². The van der Waals surface area contributed by atoms with Crippen molar-refractivity contribution in [1.82, 2.24) is 5.32 Å². The quantitative estimate of drug-likeness (QED) is 0.0248. The molecule has 0 saturated carbocycles. The van der Waals surface area contributed by atoms with Gasteiger partial charge in [-0.25, -0.2) is 4.18 Å². The van der Waals surface area contributed by atoms with Gasteiger partial charge in [0.1, 0.15) is 30.5 Å². The summed E-state index contributed by atoms with van der Waals surface area (Å²) < 4.78 is 47.3. The SMILES string of the molecule is CCCCCCCC/C=C\CCCCC(O)C(=O)NC(COC1OC(CO)C(O)C(OS(=O)(=O)O)C1O)C(O)/C=C/CCCCCCCCCCCC. The van der Waals surface area contributed by atoms with Crippen LogP contribution in [0.4, 0.5) is 0 Å². The summed E-state index contributed by atoms with van der Waals surface area (Å²) >= 11 is 0. The van der Waals surface area contributed by atoms with Crippen molar-refractivity contribution in [3.63, 3.8) is 0 Å². The van der Waals surface area contributed by atoms with Gasteiger partial charge < -0.3 is 40.3 Å². The zero-order valence-electron chi connectivity index (χ0n) is 32.4. The maximum absolute atomic E-state index is 13.0. The van der Waals surface area contributed by atoms with Gasteiger partial charge in [-0.2, -0.15) is 8.42 Å². The molecule has 1 saturated heterocycles. The van der Waals surface area contributed by atoms with Crippen molar-refractivity contribution in [2.75, 3.05) is 13.2 Å². The summed E-state index contributed by atoms with van der Waals surface area (Å²) in [6.07, 6.45) is 19.9. The molecule has 13 nitrogen and oxygen atoms in total. The average molecular weight is 780 g/mol. The number of hydrogen-bond donors (Lipinski definition) is 7. The van der Waals surface area contributed by atoms with Crippen LogP contribution in [0.1, 0.15) is 155 Å². The molecule has 0 bridgehead atoms. The van der Waals surface area contributed by atoms with Crippen LogP contribution < -0.4 is 5.32 Å². The normalized spacial score (nSPS) is 22.8. The highest BCUT2D eigenvalue weighted by Gasteiger charge is 2.48. The van der Waals surface area contributed by atoms with Crippen molar-refractivity contribution in [3.05, 3.63) is 24.3 Å². The predicted octanol–water partition coefficient (Wildman–Crippen LogP) is 5.57. The molecule has 53 heavy (non-hydrogen) atoms. The summed E-state index contributed by atoms with van der Waals surface area (Å²) in [4.78, 5) is 13.0. The van der Waals surface area contributed by atoms with Gasteiger partial charge >= 0.3 is 10.4 Å². The number of nitrogens with one attached hydrogen (secondary N) is 1. The van der Waals surface area contributed by atoms with Crippen LogP contribution in [0.3, 0.4) is 0 Å². The Labute approximate surface area is 319 Å². The van der Waals surface area contributed by atoms with Crippen LogP contribution in [0.15, 0.2) is 24.3 Å². The van der Waals surface area contributed by atoms with E-state index in [-0.39, 0.29) is 6.42 Å². The molecule has 1 rings (SSSR count). The third kappa shape index (κ3) is 23.9. The van der Waals surface area contributed by atoms with Gasteiger partial charge in [0.15, 0.2) is 6.29 Å². The Morgan fingerprint density at radius 3 is 1.75 bits per heavy atom. The van der Waals surface area contributed by atoms with Crippen molar-refractivity contribution in [1.29, 1.82) is 0 Å². The molecule has 8 atom stereocenters. The van der Waals surface area contributed by atoms with E-state index in [1.54, 1.807) is 0 Å². The highest BCUT2D eigenvalue weighted by atomic mass is 32.3. The Hall–Kier alpha value is -1.46. The van der Waals surface area contributed by atoms with Crippen molar-refractivity contribution >= 4 is 16.3 Å². The van der Waals surface area contributed by atoms with Crippen LogP contribution >= 0.6 is 0 Å². The van der Waals surface area contributed by atoms with E-state index < -0.39 is 78.5 Å². The zero-order chi connectivity index (χ0) is 39.3. The number of rotatable bonds is 33. The number of aliphatic hydroxyl groups is 5. The van der Waals surface area contributed by atoms with Gasteiger partial charge in [-0.1, -0.05) is 134 Å². The summed E-state index contributed by atoms with van der Waals surface area (Å²) in [6.45, 7) is 3.15. The van der Waals surface area contributed by atoms with Gasteiger partial charge in [0.05, 0.1) is 25.4 Å². The molecule has 1 aliphatic rings. The fourth-order valence-electron chi connectivity index (χ4n) is 6.28. The van der Waals surface area contributed by atoms with E-state index in [0.29, 0.717) is 12.8 Å². The van der Waals surface area contributed by atoms with Gasteiger partial charge in [0.25, 0.3) is 0 Å². The largest absolute Gasteiger partial charge is 0.397 e. The molecule has 0 radical (unpaired) electrons. The van der Waals surface area contributed by atoms with E-state index in [2.05, 4.69) is 35.5 Å². The summed E-state index contributed by atoms with van der Waals surface area (Å²) in [5.74, 6) is -0.722. The molecule has 0 aromatic rings. The fraction of sp³-hybridized carbons (Fsp3) is 0.872. The van der Waals surface area contributed by atoms with Gasteiger partial charge in [-0.3, -0.25) is 9.35 Å². The minimum absolute atomic E-state index is 0.213. The number of carbonyl (C=O) groups excluding carboxylic acids is 1. The van der Waals surface area contributed by atoms with E-state index in [9.17, 15) is 38.7 Å². The molecular weight excluding hydrogens is 706 g/mol. The summed E-state index contributed by atoms with van der Waals surface area (Å²) in [6, 6.07) is -1.12. The molecule has 312 valence electrons. The molecule has 8 unspecified atom stereocenters. The maximum atomic E-state index is 13.0. The maximum Gasteiger partial charge on any atom is 0.397 e. The second-order valence-electron chi connectivity index (χ2n) is 14.4. The molecule has 1 heterocycles. The smallest absolute Gasteiger partial charge is 0.394 e. The minimum Gasteiger partial charge on any atom is -0.394 e. The van der Waals surface area contributed by atoms with Crippen molar-refractivity contribution in [2.45, 2.75) is 204 Å². The number of ether oxygens (including phenoxy) is 2. The van der Waals surface area contributed by atoms with E-state index >= 15 is 0 Å². The number of amides is 1. The highest BCUT2D eigenvalue weighted by Crippen LogP contribution is 2.26. The Morgan fingerprint density at radius 1 is 0.755 bits per heavy atom. The lowest BCUT2D eigenvalue weighted by atomic mass is 9.99. The molecule has 0 aromatic carbocycles. The van der Waals surface area contributed by atoms with E-state index in [1.807, 2.05) is 6.08 Å². The third-order valence-electron chi connectivity index (χ3n) is 9.58. The molecule has 0 spiro atoms. The first-order valence-corrected chi connectivity index (χ1v) is 21.7. The first kappa shape index (κ1) is 49.6. The molecule has 1 amide bonds. The molecule has 0 aliphatic carbocycles. The summed E-state index contributed by atoms with van der Waals surface area (Å²) in [5, 5.41) is 54.9. The van der Waals surface area contributed by atoms with Crippen molar-refractivity contribution in [3.8, 4) is 0 Å². The predicted molar refractivity (Wildman–Crippen MR) is 205 cm³/mol. The Bertz CT molecular complexity index is 1070. The van der Waals surface area contributed by atoms with Crippen molar-refractivity contribution < 1.29 is 57.0 Å². The first-order chi connectivity index (χ1) is 25.4. The van der Waals surface area contributed by atoms with Crippen LogP contribution in [-0.2, 0) is 28.9 Å². The molecule has 0 aromatic heterocycles. The molecule has 14 heteroatoms. The molecule has 1 aliphatic heterocycles. The van der Waals surface area contributed by atoms with E-state index in [1.165, 1.54) is 89.5 Å². The van der Waals surface area contributed by atoms with Crippen LogP contribution in [0, 0.1) is 0 Å².